The highest BCUT2D eigenvalue weighted by atomic mass is 19.1. The molecule has 0 unspecified atom stereocenters. The smallest absolute Gasteiger partial charge is 0.187 e. The minimum atomic E-state index is -0.374. The first-order valence-corrected chi connectivity index (χ1v) is 11.4. The van der Waals surface area contributed by atoms with Gasteiger partial charge in [0.25, 0.3) is 0 Å². The van der Waals surface area contributed by atoms with Crippen molar-refractivity contribution in [3.05, 3.63) is 48.1 Å². The fraction of sp³-hybridized carbons (Fsp3) is 0.400. The zero-order chi connectivity index (χ0) is 24.1. The van der Waals surface area contributed by atoms with E-state index in [9.17, 15) is 4.39 Å². The molecule has 1 atom stereocenters. The van der Waals surface area contributed by atoms with Gasteiger partial charge in [-0.25, -0.2) is 9.37 Å². The van der Waals surface area contributed by atoms with Crippen molar-refractivity contribution in [3.63, 3.8) is 0 Å². The molecule has 0 radical (unpaired) electrons. The molecule has 9 heteroatoms. The standard InChI is InChI=1S/C25H31FN6O2/c1-4-23-29-30-25(32(23)15-17(2)14-31-9-8-20(27)16-31)21-7-6-18-12-19(26)13-22(24(18)28-21)34-11-5-10-33-3/h4,6-7,12-13,15,20H,1,5,8-11,14,16,27H2,2-3H3/b17-15+/t20-/m0/s1. The van der Waals surface area contributed by atoms with E-state index in [1.165, 1.54) is 12.1 Å². The summed E-state index contributed by atoms with van der Waals surface area (Å²) >= 11 is 0. The van der Waals surface area contributed by atoms with Crippen molar-refractivity contribution >= 4 is 23.2 Å². The quantitative estimate of drug-likeness (QED) is 0.457. The van der Waals surface area contributed by atoms with E-state index in [1.54, 1.807) is 13.2 Å². The van der Waals surface area contributed by atoms with Crippen LogP contribution in [0, 0.1) is 5.82 Å². The summed E-state index contributed by atoms with van der Waals surface area (Å²) in [5.74, 6) is 1.20. The molecule has 1 saturated heterocycles. The van der Waals surface area contributed by atoms with Gasteiger partial charge in [0.2, 0.25) is 0 Å². The predicted octanol–water partition coefficient (Wildman–Crippen LogP) is 3.58. The number of halogens is 1. The van der Waals surface area contributed by atoms with Crippen LogP contribution in [-0.4, -0.2) is 70.6 Å². The van der Waals surface area contributed by atoms with Crippen LogP contribution in [0.15, 0.2) is 36.4 Å². The van der Waals surface area contributed by atoms with Gasteiger partial charge in [0.15, 0.2) is 11.6 Å². The van der Waals surface area contributed by atoms with Gasteiger partial charge in [-0.1, -0.05) is 12.6 Å². The molecular weight excluding hydrogens is 435 g/mol. The third-order valence-electron chi connectivity index (χ3n) is 5.74. The summed E-state index contributed by atoms with van der Waals surface area (Å²) in [4.78, 5) is 7.11. The van der Waals surface area contributed by atoms with Crippen molar-refractivity contribution in [3.8, 4) is 17.3 Å². The highest BCUT2D eigenvalue weighted by Crippen LogP contribution is 2.29. The summed E-state index contributed by atoms with van der Waals surface area (Å²) in [7, 11) is 1.63. The lowest BCUT2D eigenvalue weighted by molar-refractivity contribution is 0.172. The van der Waals surface area contributed by atoms with E-state index in [0.717, 1.165) is 31.6 Å². The molecular formula is C25H31FN6O2. The number of hydrogen-bond acceptors (Lipinski definition) is 7. The Kier molecular flexibility index (Phi) is 7.66. The van der Waals surface area contributed by atoms with Crippen LogP contribution in [0.5, 0.6) is 5.75 Å². The van der Waals surface area contributed by atoms with E-state index < -0.39 is 0 Å². The van der Waals surface area contributed by atoms with E-state index in [0.29, 0.717) is 53.6 Å². The van der Waals surface area contributed by atoms with E-state index >= 15 is 0 Å². The van der Waals surface area contributed by atoms with E-state index in [1.807, 2.05) is 22.9 Å². The van der Waals surface area contributed by atoms with Crippen molar-refractivity contribution < 1.29 is 13.9 Å². The number of methoxy groups -OCH3 is 1. The number of nitrogens with zero attached hydrogens (tertiary/aromatic N) is 5. The van der Waals surface area contributed by atoms with E-state index in [4.69, 9.17) is 20.2 Å². The number of ether oxygens (including phenoxy) is 2. The number of likely N-dealkylation sites (tertiary alicyclic amines) is 1. The number of benzene rings is 1. The first kappa shape index (κ1) is 24.0. The van der Waals surface area contributed by atoms with Gasteiger partial charge in [-0.15, -0.1) is 10.2 Å². The molecule has 180 valence electrons. The summed E-state index contributed by atoms with van der Waals surface area (Å²) in [5.41, 5.74) is 8.36. The zero-order valence-corrected chi connectivity index (χ0v) is 19.7. The molecule has 0 bridgehead atoms. The second-order valence-corrected chi connectivity index (χ2v) is 8.58. The summed E-state index contributed by atoms with van der Waals surface area (Å²) < 4.78 is 26.9. The first-order chi connectivity index (χ1) is 16.5. The van der Waals surface area contributed by atoms with Gasteiger partial charge in [0.05, 0.1) is 6.61 Å². The van der Waals surface area contributed by atoms with Gasteiger partial charge >= 0.3 is 0 Å². The van der Waals surface area contributed by atoms with Crippen LogP contribution >= 0.6 is 0 Å². The van der Waals surface area contributed by atoms with Gasteiger partial charge in [-0.2, -0.15) is 0 Å². The molecule has 1 aliphatic rings. The predicted molar refractivity (Wildman–Crippen MR) is 132 cm³/mol. The molecule has 34 heavy (non-hydrogen) atoms. The van der Waals surface area contributed by atoms with E-state index in [2.05, 4.69) is 28.6 Å². The SMILES string of the molecule is C=Cc1nnc(-c2ccc3cc(F)cc(OCCCOC)c3n2)n1/C=C(\C)CN1CC[C@H](N)C1. The first-order valence-electron chi connectivity index (χ1n) is 11.4. The Balaban J connectivity index is 1.67. The Labute approximate surface area is 198 Å². The Hall–Kier alpha value is -3.14. The average Bonchev–Trinajstić information content (AvgIpc) is 3.41. The summed E-state index contributed by atoms with van der Waals surface area (Å²) in [6.45, 7) is 9.60. The molecule has 2 aromatic heterocycles. The van der Waals surface area contributed by atoms with Crippen LogP contribution < -0.4 is 10.5 Å². The zero-order valence-electron chi connectivity index (χ0n) is 19.7. The monoisotopic (exact) mass is 466 g/mol. The molecule has 3 aromatic rings. The number of fused-ring (bicyclic) bond motifs is 1. The number of nitrogens with two attached hydrogens (primary N) is 1. The maximum atomic E-state index is 14.2. The van der Waals surface area contributed by atoms with Crippen molar-refractivity contribution in [2.24, 2.45) is 5.73 Å². The molecule has 3 heterocycles. The fourth-order valence-electron chi connectivity index (χ4n) is 4.15. The third-order valence-corrected chi connectivity index (χ3v) is 5.74. The largest absolute Gasteiger partial charge is 0.491 e. The van der Waals surface area contributed by atoms with Crippen LogP contribution in [-0.2, 0) is 4.74 Å². The summed E-state index contributed by atoms with van der Waals surface area (Å²) in [6.07, 6.45) is 5.37. The minimum absolute atomic E-state index is 0.236. The highest BCUT2D eigenvalue weighted by Gasteiger charge is 2.20. The van der Waals surface area contributed by atoms with Crippen LogP contribution in [0.3, 0.4) is 0 Å². The Morgan fingerprint density at radius 2 is 2.15 bits per heavy atom. The molecule has 0 amide bonds. The van der Waals surface area contributed by atoms with Crippen molar-refractivity contribution in [1.29, 1.82) is 0 Å². The Morgan fingerprint density at radius 3 is 2.88 bits per heavy atom. The molecule has 8 nitrogen and oxygen atoms in total. The van der Waals surface area contributed by atoms with Crippen LogP contribution in [0.25, 0.3) is 34.7 Å². The molecule has 0 saturated carbocycles. The number of pyridine rings is 1. The normalized spacial score (nSPS) is 16.9. The average molecular weight is 467 g/mol. The summed E-state index contributed by atoms with van der Waals surface area (Å²) in [5, 5.41) is 9.28. The van der Waals surface area contributed by atoms with Crippen LogP contribution in [0.4, 0.5) is 4.39 Å². The van der Waals surface area contributed by atoms with Crippen molar-refractivity contribution in [1.82, 2.24) is 24.6 Å². The molecule has 0 spiro atoms. The molecule has 0 aliphatic carbocycles. The van der Waals surface area contributed by atoms with Gasteiger partial charge in [-0.3, -0.25) is 9.47 Å². The topological polar surface area (TPSA) is 91.3 Å². The number of rotatable bonds is 10. The molecule has 1 fully saturated rings. The number of hydrogen-bond donors (Lipinski definition) is 1. The Morgan fingerprint density at radius 1 is 1.29 bits per heavy atom. The van der Waals surface area contributed by atoms with E-state index in [-0.39, 0.29) is 11.9 Å². The third kappa shape index (κ3) is 5.49. The Bertz CT molecular complexity index is 1190. The number of aromatic nitrogens is 4. The fourth-order valence-corrected chi connectivity index (χ4v) is 4.15. The highest BCUT2D eigenvalue weighted by molar-refractivity contribution is 5.86. The van der Waals surface area contributed by atoms with Gasteiger partial charge < -0.3 is 15.2 Å². The minimum Gasteiger partial charge on any atom is -0.491 e. The maximum absolute atomic E-state index is 14.2. The summed E-state index contributed by atoms with van der Waals surface area (Å²) in [6, 6.07) is 6.67. The maximum Gasteiger partial charge on any atom is 0.187 e. The van der Waals surface area contributed by atoms with Gasteiger partial charge in [0, 0.05) is 63.5 Å². The lowest BCUT2D eigenvalue weighted by Gasteiger charge is -2.16. The molecule has 4 rings (SSSR count). The molecule has 1 aliphatic heterocycles. The second-order valence-electron chi connectivity index (χ2n) is 8.58. The lowest BCUT2D eigenvalue weighted by Crippen LogP contribution is -2.27. The van der Waals surface area contributed by atoms with Gasteiger partial charge in [0.1, 0.15) is 22.8 Å². The van der Waals surface area contributed by atoms with Crippen LogP contribution in [0.1, 0.15) is 25.6 Å². The molecule has 2 N–H and O–H groups in total. The molecule has 1 aromatic carbocycles. The van der Waals surface area contributed by atoms with Crippen LogP contribution in [0.2, 0.25) is 0 Å². The second kappa shape index (κ2) is 10.9. The van der Waals surface area contributed by atoms with Gasteiger partial charge in [-0.05, 0) is 37.1 Å². The van der Waals surface area contributed by atoms with Crippen molar-refractivity contribution in [2.45, 2.75) is 25.8 Å². The van der Waals surface area contributed by atoms with Crippen molar-refractivity contribution in [2.75, 3.05) is 40.0 Å². The lowest BCUT2D eigenvalue weighted by atomic mass is 10.1.